The largest absolute Gasteiger partial charge is 0.411 e. The Kier molecular flexibility index (Phi) is 4.08. The molecule has 21 heavy (non-hydrogen) atoms. The van der Waals surface area contributed by atoms with E-state index in [2.05, 4.69) is 10.2 Å². The Labute approximate surface area is 126 Å². The normalized spacial score (nSPS) is 17.9. The number of hydrogen-bond donors (Lipinski definition) is 1. The molecule has 0 fully saturated rings. The van der Waals surface area contributed by atoms with Crippen molar-refractivity contribution in [2.24, 2.45) is 0 Å². The van der Waals surface area contributed by atoms with E-state index in [0.717, 1.165) is 11.3 Å². The van der Waals surface area contributed by atoms with E-state index < -0.39 is 0 Å². The Morgan fingerprint density at radius 2 is 2.10 bits per heavy atom. The van der Waals surface area contributed by atoms with Gasteiger partial charge >= 0.3 is 0 Å². The molecule has 2 heterocycles. The number of benzene rings is 1. The zero-order chi connectivity index (χ0) is 14.7. The quantitative estimate of drug-likeness (QED) is 0.874. The third-order valence-corrected chi connectivity index (χ3v) is 3.98. The van der Waals surface area contributed by atoms with Gasteiger partial charge in [0.25, 0.3) is 5.22 Å². The Morgan fingerprint density at radius 1 is 1.29 bits per heavy atom. The van der Waals surface area contributed by atoms with E-state index in [1.54, 1.807) is 0 Å². The standard InChI is InChI=1S/C15H15N3O2S/c1-11-6-5-9-13(18(11)19)10-21-15-17-16-14(20-15)12-7-3-2-4-8-12/h2-9,11,19H,10H2,1H3. The molecular weight excluding hydrogens is 286 g/mol. The predicted octanol–water partition coefficient (Wildman–Crippen LogP) is 3.36. The van der Waals surface area contributed by atoms with Crippen LogP contribution in [0.3, 0.4) is 0 Å². The highest BCUT2D eigenvalue weighted by molar-refractivity contribution is 7.99. The molecule has 1 atom stereocenters. The lowest BCUT2D eigenvalue weighted by Crippen LogP contribution is -2.30. The number of aromatic nitrogens is 2. The molecule has 0 radical (unpaired) electrons. The van der Waals surface area contributed by atoms with E-state index >= 15 is 0 Å². The van der Waals surface area contributed by atoms with E-state index in [-0.39, 0.29) is 6.04 Å². The summed E-state index contributed by atoms with van der Waals surface area (Å²) < 4.78 is 5.62. The molecule has 1 N–H and O–H groups in total. The van der Waals surface area contributed by atoms with Crippen molar-refractivity contribution in [3.63, 3.8) is 0 Å². The lowest BCUT2D eigenvalue weighted by molar-refractivity contribution is -0.0739. The van der Waals surface area contributed by atoms with Crippen LogP contribution in [0.5, 0.6) is 0 Å². The molecule has 1 aromatic carbocycles. The van der Waals surface area contributed by atoms with Crippen molar-refractivity contribution in [2.75, 3.05) is 5.75 Å². The van der Waals surface area contributed by atoms with Crippen molar-refractivity contribution < 1.29 is 9.62 Å². The number of hydrogen-bond acceptors (Lipinski definition) is 6. The molecule has 108 valence electrons. The van der Waals surface area contributed by atoms with Gasteiger partial charge in [-0.2, -0.15) is 0 Å². The molecule has 2 aromatic rings. The van der Waals surface area contributed by atoms with Gasteiger partial charge in [0, 0.05) is 11.3 Å². The molecule has 0 saturated carbocycles. The third-order valence-electron chi connectivity index (χ3n) is 3.13. The topological polar surface area (TPSA) is 62.4 Å². The summed E-state index contributed by atoms with van der Waals surface area (Å²) in [5.74, 6) is 1.08. The highest BCUT2D eigenvalue weighted by Crippen LogP contribution is 2.26. The van der Waals surface area contributed by atoms with Gasteiger partial charge < -0.3 is 4.42 Å². The van der Waals surface area contributed by atoms with E-state index in [4.69, 9.17) is 4.42 Å². The van der Waals surface area contributed by atoms with Crippen LogP contribution in [-0.4, -0.2) is 32.3 Å². The second kappa shape index (κ2) is 6.15. The van der Waals surface area contributed by atoms with Gasteiger partial charge in [-0.3, -0.25) is 10.3 Å². The number of hydroxylamine groups is 2. The molecule has 0 aliphatic carbocycles. The fourth-order valence-electron chi connectivity index (χ4n) is 1.96. The molecule has 0 spiro atoms. The van der Waals surface area contributed by atoms with Crippen molar-refractivity contribution in [2.45, 2.75) is 18.2 Å². The minimum atomic E-state index is -0.0202. The minimum Gasteiger partial charge on any atom is -0.411 e. The van der Waals surface area contributed by atoms with Crippen LogP contribution in [0, 0.1) is 0 Å². The molecule has 1 unspecified atom stereocenters. The molecule has 1 aromatic heterocycles. The van der Waals surface area contributed by atoms with E-state index in [1.807, 2.05) is 55.5 Å². The van der Waals surface area contributed by atoms with E-state index in [9.17, 15) is 5.21 Å². The molecule has 6 heteroatoms. The van der Waals surface area contributed by atoms with Gasteiger partial charge in [-0.15, -0.1) is 10.2 Å². The fraction of sp³-hybridized carbons (Fsp3) is 0.200. The Bertz CT molecular complexity index is 667. The number of nitrogens with zero attached hydrogens (tertiary/aromatic N) is 3. The van der Waals surface area contributed by atoms with E-state index in [0.29, 0.717) is 16.9 Å². The van der Waals surface area contributed by atoms with Gasteiger partial charge in [0.2, 0.25) is 5.89 Å². The van der Waals surface area contributed by atoms with Gasteiger partial charge in [0.15, 0.2) is 0 Å². The first kappa shape index (κ1) is 13.9. The Morgan fingerprint density at radius 3 is 2.90 bits per heavy atom. The Hall–Kier alpha value is -2.05. The SMILES string of the molecule is CC1C=CC=C(CSc2nnc(-c3ccccc3)o2)N1O. The second-order valence-corrected chi connectivity index (χ2v) is 5.58. The first-order valence-corrected chi connectivity index (χ1v) is 7.60. The van der Waals surface area contributed by atoms with Gasteiger partial charge in [-0.1, -0.05) is 42.1 Å². The fourth-order valence-corrected chi connectivity index (χ4v) is 2.70. The first-order chi connectivity index (χ1) is 10.2. The maximum atomic E-state index is 9.93. The summed E-state index contributed by atoms with van der Waals surface area (Å²) in [6, 6.07) is 9.62. The van der Waals surface area contributed by atoms with Crippen molar-refractivity contribution in [3.8, 4) is 11.5 Å². The average Bonchev–Trinajstić information content (AvgIpc) is 2.99. The number of allylic oxidation sites excluding steroid dienone is 2. The highest BCUT2D eigenvalue weighted by Gasteiger charge is 2.16. The van der Waals surface area contributed by atoms with Gasteiger partial charge in [0.05, 0.1) is 11.7 Å². The van der Waals surface area contributed by atoms with Crippen LogP contribution in [0.2, 0.25) is 0 Å². The second-order valence-electron chi connectivity index (χ2n) is 4.66. The molecule has 5 nitrogen and oxygen atoms in total. The molecule has 0 bridgehead atoms. The van der Waals surface area contributed by atoms with Crippen LogP contribution in [0.1, 0.15) is 6.92 Å². The van der Waals surface area contributed by atoms with E-state index in [1.165, 1.54) is 16.8 Å². The summed E-state index contributed by atoms with van der Waals surface area (Å²) in [4.78, 5) is 0. The summed E-state index contributed by atoms with van der Waals surface area (Å²) in [5, 5.41) is 19.7. The smallest absolute Gasteiger partial charge is 0.277 e. The molecular formula is C15H15N3O2S. The van der Waals surface area contributed by atoms with Crippen LogP contribution in [-0.2, 0) is 0 Å². The Balaban J connectivity index is 1.66. The number of thioether (sulfide) groups is 1. The van der Waals surface area contributed by atoms with Crippen molar-refractivity contribution in [3.05, 3.63) is 54.3 Å². The van der Waals surface area contributed by atoms with Gasteiger partial charge in [0.1, 0.15) is 0 Å². The highest BCUT2D eigenvalue weighted by atomic mass is 32.2. The monoisotopic (exact) mass is 301 g/mol. The predicted molar refractivity (Wildman–Crippen MR) is 80.8 cm³/mol. The summed E-state index contributed by atoms with van der Waals surface area (Å²) in [5.41, 5.74) is 1.71. The van der Waals surface area contributed by atoms with Gasteiger partial charge in [-0.25, -0.2) is 0 Å². The zero-order valence-corrected chi connectivity index (χ0v) is 12.3. The summed E-state index contributed by atoms with van der Waals surface area (Å²) in [6.07, 6.45) is 5.74. The van der Waals surface area contributed by atoms with Crippen molar-refractivity contribution in [1.82, 2.24) is 15.3 Å². The van der Waals surface area contributed by atoms with Crippen LogP contribution in [0.4, 0.5) is 0 Å². The maximum absolute atomic E-state index is 9.93. The molecule has 0 amide bonds. The third kappa shape index (κ3) is 3.17. The summed E-state index contributed by atoms with van der Waals surface area (Å²) >= 11 is 1.40. The zero-order valence-electron chi connectivity index (χ0n) is 11.5. The van der Waals surface area contributed by atoms with Crippen LogP contribution in [0.25, 0.3) is 11.5 Å². The summed E-state index contributed by atoms with van der Waals surface area (Å²) in [6.45, 7) is 1.92. The lowest BCUT2D eigenvalue weighted by Gasteiger charge is -2.26. The molecule has 1 aliphatic rings. The minimum absolute atomic E-state index is 0.0202. The molecule has 3 rings (SSSR count). The van der Waals surface area contributed by atoms with Crippen molar-refractivity contribution in [1.29, 1.82) is 0 Å². The van der Waals surface area contributed by atoms with Gasteiger partial charge in [-0.05, 0) is 25.1 Å². The molecule has 1 aliphatic heterocycles. The van der Waals surface area contributed by atoms with Crippen LogP contribution in [0.15, 0.2) is 63.9 Å². The number of rotatable bonds is 4. The summed E-state index contributed by atoms with van der Waals surface area (Å²) in [7, 11) is 0. The van der Waals surface area contributed by atoms with Crippen LogP contribution >= 0.6 is 11.8 Å². The maximum Gasteiger partial charge on any atom is 0.277 e. The first-order valence-electron chi connectivity index (χ1n) is 6.61. The van der Waals surface area contributed by atoms with Crippen LogP contribution < -0.4 is 0 Å². The average molecular weight is 301 g/mol. The lowest BCUT2D eigenvalue weighted by atomic mass is 10.2. The van der Waals surface area contributed by atoms with Crippen molar-refractivity contribution >= 4 is 11.8 Å². The molecule has 0 saturated heterocycles.